The Bertz CT molecular complexity index is 819. The summed E-state index contributed by atoms with van der Waals surface area (Å²) < 4.78 is 32.9. The van der Waals surface area contributed by atoms with Crippen LogP contribution in [0.1, 0.15) is 37.0 Å². The van der Waals surface area contributed by atoms with E-state index in [0.717, 1.165) is 11.6 Å². The Morgan fingerprint density at radius 1 is 1.21 bits per heavy atom. The fourth-order valence-electron chi connectivity index (χ4n) is 3.69. The van der Waals surface area contributed by atoms with Crippen molar-refractivity contribution in [2.75, 3.05) is 6.61 Å². The molecule has 0 heterocycles. The Labute approximate surface area is 162 Å². The molecule has 2 aromatic carbocycles. The molecule has 1 atom stereocenters. The summed E-state index contributed by atoms with van der Waals surface area (Å²) in [5, 5.41) is 4.80. The van der Waals surface area contributed by atoms with Crippen LogP contribution in [-0.4, -0.2) is 25.1 Å². The van der Waals surface area contributed by atoms with Gasteiger partial charge < -0.3 is 10.1 Å². The molecule has 148 valence electrons. The van der Waals surface area contributed by atoms with Gasteiger partial charge in [0.25, 0.3) is 0 Å². The van der Waals surface area contributed by atoms with E-state index in [1.165, 1.54) is 12.1 Å². The third kappa shape index (κ3) is 4.54. The monoisotopic (exact) mass is 388 g/mol. The van der Waals surface area contributed by atoms with Crippen LogP contribution in [0.15, 0.2) is 48.5 Å². The van der Waals surface area contributed by atoms with Crippen LogP contribution in [0.25, 0.3) is 0 Å². The third-order valence-corrected chi connectivity index (χ3v) is 5.15. The first-order chi connectivity index (χ1) is 13.4. The molecule has 0 bridgehead atoms. The summed E-state index contributed by atoms with van der Waals surface area (Å²) in [5.74, 6) is -1.28. The number of benzene rings is 2. The number of rotatable bonds is 7. The second-order valence-corrected chi connectivity index (χ2v) is 7.14. The molecule has 3 amide bonds. The lowest BCUT2D eigenvalue weighted by Crippen LogP contribution is -2.57. The highest BCUT2D eigenvalue weighted by Crippen LogP contribution is 2.45. The summed E-state index contributed by atoms with van der Waals surface area (Å²) in [6.07, 6.45) is 1.11. The van der Waals surface area contributed by atoms with Crippen molar-refractivity contribution in [3.05, 3.63) is 71.3 Å². The number of hydrogen-bond donors (Lipinski definition) is 2. The highest BCUT2D eigenvalue weighted by Gasteiger charge is 2.46. The van der Waals surface area contributed by atoms with Crippen LogP contribution in [0, 0.1) is 11.6 Å². The minimum absolute atomic E-state index is 0.0920. The van der Waals surface area contributed by atoms with Gasteiger partial charge in [0.05, 0.1) is 12.7 Å². The molecule has 28 heavy (non-hydrogen) atoms. The Balaban J connectivity index is 1.69. The van der Waals surface area contributed by atoms with Gasteiger partial charge in [0.1, 0.15) is 11.6 Å². The predicted octanol–water partition coefficient (Wildman–Crippen LogP) is 3.60. The van der Waals surface area contributed by atoms with Crippen molar-refractivity contribution in [2.24, 2.45) is 0 Å². The molecule has 1 aliphatic rings. The maximum absolute atomic E-state index is 13.5. The third-order valence-electron chi connectivity index (χ3n) is 5.15. The quantitative estimate of drug-likeness (QED) is 0.713. The molecule has 2 N–H and O–H groups in total. The zero-order valence-electron chi connectivity index (χ0n) is 15.5. The highest BCUT2D eigenvalue weighted by molar-refractivity contribution is 5.84. The van der Waals surface area contributed by atoms with Crippen molar-refractivity contribution in [3.8, 4) is 0 Å². The van der Waals surface area contributed by atoms with E-state index in [2.05, 4.69) is 10.6 Å². The topological polar surface area (TPSA) is 67.4 Å². The fourth-order valence-corrected chi connectivity index (χ4v) is 3.69. The van der Waals surface area contributed by atoms with Gasteiger partial charge in [-0.15, -0.1) is 0 Å². The summed E-state index contributed by atoms with van der Waals surface area (Å²) >= 11 is 0. The molecule has 1 saturated carbocycles. The van der Waals surface area contributed by atoms with Crippen LogP contribution in [-0.2, 0) is 14.9 Å². The Morgan fingerprint density at radius 3 is 2.46 bits per heavy atom. The molecule has 0 aromatic heterocycles. The summed E-state index contributed by atoms with van der Waals surface area (Å²) in [6.45, 7) is 2.09. The van der Waals surface area contributed by atoms with Gasteiger partial charge in [-0.05, 0) is 43.0 Å². The van der Waals surface area contributed by atoms with Gasteiger partial charge in [0.2, 0.25) is 6.41 Å². The first-order valence-corrected chi connectivity index (χ1v) is 9.06. The van der Waals surface area contributed by atoms with Gasteiger partial charge in [-0.2, -0.15) is 0 Å². The maximum Gasteiger partial charge on any atom is 0.321 e. The van der Waals surface area contributed by atoms with Gasteiger partial charge in [0.15, 0.2) is 0 Å². The molecule has 5 nitrogen and oxygen atoms in total. The van der Waals surface area contributed by atoms with Crippen molar-refractivity contribution in [1.82, 2.24) is 10.6 Å². The molecule has 1 unspecified atom stereocenters. The first kappa shape index (κ1) is 19.9. The smallest absolute Gasteiger partial charge is 0.321 e. The van der Waals surface area contributed by atoms with Crippen LogP contribution in [0.4, 0.5) is 13.6 Å². The van der Waals surface area contributed by atoms with Gasteiger partial charge in [-0.25, -0.2) is 13.6 Å². The molecule has 0 saturated heterocycles. The Morgan fingerprint density at radius 2 is 1.86 bits per heavy atom. The van der Waals surface area contributed by atoms with E-state index in [4.69, 9.17) is 4.74 Å². The first-order valence-electron chi connectivity index (χ1n) is 9.06. The van der Waals surface area contributed by atoms with E-state index in [1.54, 1.807) is 6.92 Å². The van der Waals surface area contributed by atoms with Crippen LogP contribution in [0.5, 0.6) is 0 Å². The number of halogens is 2. The predicted molar refractivity (Wildman–Crippen MR) is 99.6 cm³/mol. The molecular weight excluding hydrogens is 366 g/mol. The molecule has 1 aliphatic carbocycles. The fraction of sp³-hybridized carbons (Fsp3) is 0.333. The standard InChI is InChI=1S/C21H22F2N2O3/c1-14(15-7-17(22)9-18(23)8-15)28-12-21(16-5-3-2-4-6-16)10-19(11-21)25-20(27)24-13-26/h2-9,13-14,19H,10-12H2,1H3,(H2,24,25,26,27). The second kappa shape index (κ2) is 8.48. The van der Waals surface area contributed by atoms with Crippen molar-refractivity contribution in [3.63, 3.8) is 0 Å². The number of amides is 3. The zero-order valence-corrected chi connectivity index (χ0v) is 15.5. The number of urea groups is 1. The lowest BCUT2D eigenvalue weighted by Gasteiger charge is -2.48. The number of nitrogens with one attached hydrogen (secondary N) is 2. The van der Waals surface area contributed by atoms with Crippen molar-refractivity contribution >= 4 is 12.4 Å². The van der Waals surface area contributed by atoms with Crippen LogP contribution in [0.3, 0.4) is 0 Å². The minimum atomic E-state index is -0.641. The molecule has 0 spiro atoms. The number of imide groups is 1. The van der Waals surface area contributed by atoms with Crippen molar-refractivity contribution in [1.29, 1.82) is 0 Å². The molecule has 7 heteroatoms. The number of carbonyl (C=O) groups is 2. The van der Waals surface area contributed by atoms with Crippen LogP contribution >= 0.6 is 0 Å². The molecule has 0 aliphatic heterocycles. The number of hydrogen-bond acceptors (Lipinski definition) is 3. The maximum atomic E-state index is 13.5. The molecule has 2 aromatic rings. The summed E-state index contributed by atoms with van der Waals surface area (Å²) in [5.41, 5.74) is 1.18. The minimum Gasteiger partial charge on any atom is -0.373 e. The SMILES string of the molecule is CC(OCC1(c2ccccc2)CC(NC(=O)NC=O)C1)c1cc(F)cc(F)c1. The normalized spacial score (nSPS) is 22.0. The van der Waals surface area contributed by atoms with Crippen LogP contribution in [0.2, 0.25) is 0 Å². The number of carbonyl (C=O) groups excluding carboxylic acids is 2. The Hall–Kier alpha value is -2.80. The largest absolute Gasteiger partial charge is 0.373 e. The van der Waals surface area contributed by atoms with E-state index in [9.17, 15) is 18.4 Å². The van der Waals surface area contributed by atoms with Crippen molar-refractivity contribution in [2.45, 2.75) is 37.3 Å². The average molecular weight is 388 g/mol. The van der Waals surface area contributed by atoms with Crippen LogP contribution < -0.4 is 10.6 Å². The van der Waals surface area contributed by atoms with Gasteiger partial charge in [-0.1, -0.05) is 30.3 Å². The summed E-state index contributed by atoms with van der Waals surface area (Å²) in [4.78, 5) is 21.9. The Kier molecular flexibility index (Phi) is 6.04. The summed E-state index contributed by atoms with van der Waals surface area (Å²) in [7, 11) is 0. The van der Waals surface area contributed by atoms with E-state index < -0.39 is 23.8 Å². The second-order valence-electron chi connectivity index (χ2n) is 7.14. The van der Waals surface area contributed by atoms with E-state index in [0.29, 0.717) is 31.4 Å². The van der Waals surface area contributed by atoms with Gasteiger partial charge >= 0.3 is 6.03 Å². The highest BCUT2D eigenvalue weighted by atomic mass is 19.1. The van der Waals surface area contributed by atoms with Gasteiger partial charge in [-0.3, -0.25) is 10.1 Å². The lowest BCUT2D eigenvalue weighted by atomic mass is 9.62. The average Bonchev–Trinajstić information content (AvgIpc) is 2.63. The zero-order chi connectivity index (χ0) is 20.1. The van der Waals surface area contributed by atoms with E-state index >= 15 is 0 Å². The molecular formula is C21H22F2N2O3. The molecule has 0 radical (unpaired) electrons. The van der Waals surface area contributed by atoms with E-state index in [-0.39, 0.29) is 11.5 Å². The van der Waals surface area contributed by atoms with Gasteiger partial charge in [0, 0.05) is 17.5 Å². The van der Waals surface area contributed by atoms with E-state index in [1.807, 2.05) is 30.3 Å². The lowest BCUT2D eigenvalue weighted by molar-refractivity contribution is -0.108. The molecule has 1 fully saturated rings. The number of ether oxygens (including phenoxy) is 1. The summed E-state index contributed by atoms with van der Waals surface area (Å²) in [6, 6.07) is 12.5. The van der Waals surface area contributed by atoms with Crippen molar-refractivity contribution < 1.29 is 23.1 Å². The molecule has 3 rings (SSSR count).